The summed E-state index contributed by atoms with van der Waals surface area (Å²) < 4.78 is 6.60. The molecule has 1 unspecified atom stereocenters. The molecule has 21 heavy (non-hydrogen) atoms. The molecule has 0 fully saturated rings. The van der Waals surface area contributed by atoms with Crippen molar-refractivity contribution in [1.29, 1.82) is 0 Å². The van der Waals surface area contributed by atoms with Crippen molar-refractivity contribution >= 4 is 39.1 Å². The predicted octanol–water partition coefficient (Wildman–Crippen LogP) is 6.36. The highest BCUT2D eigenvalue weighted by Crippen LogP contribution is 2.44. The fourth-order valence-electron chi connectivity index (χ4n) is 2.47. The van der Waals surface area contributed by atoms with Crippen LogP contribution in [0.1, 0.15) is 33.2 Å². The van der Waals surface area contributed by atoms with Gasteiger partial charge in [0.2, 0.25) is 0 Å². The normalized spacial score (nSPS) is 12.3. The molecule has 4 heteroatoms. The fourth-order valence-corrected chi connectivity index (χ4v) is 3.77. The highest BCUT2D eigenvalue weighted by molar-refractivity contribution is 9.10. The maximum Gasteiger partial charge on any atom is 0.127 e. The summed E-state index contributed by atoms with van der Waals surface area (Å²) in [5.41, 5.74) is 4.98. The number of rotatable bonds is 3. The van der Waals surface area contributed by atoms with E-state index in [1.165, 1.54) is 0 Å². The van der Waals surface area contributed by atoms with Gasteiger partial charge in [-0.1, -0.05) is 45.7 Å². The van der Waals surface area contributed by atoms with Gasteiger partial charge in [0.1, 0.15) is 5.75 Å². The van der Waals surface area contributed by atoms with Crippen LogP contribution in [0.3, 0.4) is 0 Å². The van der Waals surface area contributed by atoms with Gasteiger partial charge in [-0.2, -0.15) is 0 Å². The Balaban J connectivity index is 2.68. The van der Waals surface area contributed by atoms with Crippen LogP contribution in [-0.4, -0.2) is 7.11 Å². The first kappa shape index (κ1) is 16.7. The van der Waals surface area contributed by atoms with E-state index in [1.54, 1.807) is 7.11 Å². The first-order valence-electron chi connectivity index (χ1n) is 6.61. The van der Waals surface area contributed by atoms with Crippen LogP contribution < -0.4 is 4.74 Å². The fraction of sp³-hybridized carbons (Fsp3) is 0.294. The molecule has 0 spiro atoms. The lowest BCUT2D eigenvalue weighted by Gasteiger charge is -2.21. The maximum atomic E-state index is 6.76. The van der Waals surface area contributed by atoms with Gasteiger partial charge in [-0.3, -0.25) is 0 Å². The molecule has 0 aliphatic carbocycles. The van der Waals surface area contributed by atoms with Gasteiger partial charge < -0.3 is 4.74 Å². The number of ether oxygens (including phenoxy) is 1. The van der Waals surface area contributed by atoms with E-state index < -0.39 is 0 Å². The van der Waals surface area contributed by atoms with Crippen molar-refractivity contribution < 1.29 is 4.74 Å². The van der Waals surface area contributed by atoms with Gasteiger partial charge in [0.15, 0.2) is 0 Å². The third-order valence-electron chi connectivity index (χ3n) is 3.66. The SMILES string of the molecule is COc1c(C)cc(Br)c(C)c1C(Cl)c1cccc(C)c1Cl. The summed E-state index contributed by atoms with van der Waals surface area (Å²) in [4.78, 5) is 0. The first-order valence-corrected chi connectivity index (χ1v) is 8.21. The number of hydrogen-bond acceptors (Lipinski definition) is 1. The number of alkyl halides is 1. The number of hydrogen-bond donors (Lipinski definition) is 0. The Labute approximate surface area is 144 Å². The van der Waals surface area contributed by atoms with Gasteiger partial charge in [-0.15, -0.1) is 11.6 Å². The monoisotopic (exact) mass is 386 g/mol. The molecule has 0 radical (unpaired) electrons. The van der Waals surface area contributed by atoms with Gasteiger partial charge in [-0.25, -0.2) is 0 Å². The van der Waals surface area contributed by atoms with E-state index in [0.29, 0.717) is 5.02 Å². The van der Waals surface area contributed by atoms with Crippen LogP contribution >= 0.6 is 39.1 Å². The van der Waals surface area contributed by atoms with Crippen LogP contribution in [0.15, 0.2) is 28.7 Å². The zero-order valence-electron chi connectivity index (χ0n) is 12.4. The molecule has 2 aromatic rings. The van der Waals surface area contributed by atoms with Gasteiger partial charge in [0.05, 0.1) is 12.5 Å². The van der Waals surface area contributed by atoms with Crippen molar-refractivity contribution in [2.75, 3.05) is 7.11 Å². The third-order valence-corrected chi connectivity index (χ3v) is 5.45. The van der Waals surface area contributed by atoms with E-state index >= 15 is 0 Å². The van der Waals surface area contributed by atoms with E-state index in [0.717, 1.165) is 38.0 Å². The molecule has 2 aromatic carbocycles. The van der Waals surface area contributed by atoms with Crippen molar-refractivity contribution in [2.45, 2.75) is 26.1 Å². The van der Waals surface area contributed by atoms with Crippen molar-refractivity contribution in [3.8, 4) is 5.75 Å². The molecule has 0 bridgehead atoms. The molecular formula is C17H17BrCl2O. The molecular weight excluding hydrogens is 371 g/mol. The van der Waals surface area contributed by atoms with Gasteiger partial charge >= 0.3 is 0 Å². The lowest BCUT2D eigenvalue weighted by Crippen LogP contribution is -2.04. The van der Waals surface area contributed by atoms with Crippen molar-refractivity contribution in [3.63, 3.8) is 0 Å². The van der Waals surface area contributed by atoms with Crippen LogP contribution in [-0.2, 0) is 0 Å². The molecule has 0 aromatic heterocycles. The molecule has 112 valence electrons. The minimum absolute atomic E-state index is 0.358. The molecule has 1 nitrogen and oxygen atoms in total. The summed E-state index contributed by atoms with van der Waals surface area (Å²) in [6.45, 7) is 6.01. The molecule has 0 aliphatic rings. The highest BCUT2D eigenvalue weighted by Gasteiger charge is 2.23. The van der Waals surface area contributed by atoms with Crippen LogP contribution in [0.25, 0.3) is 0 Å². The molecule has 0 heterocycles. The Morgan fingerprint density at radius 1 is 1.14 bits per heavy atom. The minimum Gasteiger partial charge on any atom is -0.496 e. The summed E-state index contributed by atoms with van der Waals surface area (Å²) in [6.07, 6.45) is 0. The molecule has 1 atom stereocenters. The van der Waals surface area contributed by atoms with Gasteiger partial charge in [0.25, 0.3) is 0 Å². The number of aryl methyl sites for hydroxylation is 2. The standard InChI is InChI=1S/C17H17BrCl2O/c1-9-6-5-7-12(15(9)19)16(20)14-11(3)13(18)8-10(2)17(14)21-4/h5-8,16H,1-4H3. The Bertz CT molecular complexity index is 683. The molecule has 0 saturated heterocycles. The minimum atomic E-state index is -0.358. The largest absolute Gasteiger partial charge is 0.496 e. The van der Waals surface area contributed by atoms with E-state index in [1.807, 2.05) is 45.0 Å². The Morgan fingerprint density at radius 2 is 1.81 bits per heavy atom. The molecule has 0 saturated carbocycles. The van der Waals surface area contributed by atoms with Crippen molar-refractivity contribution in [2.24, 2.45) is 0 Å². The van der Waals surface area contributed by atoms with Gasteiger partial charge in [-0.05, 0) is 49.1 Å². The topological polar surface area (TPSA) is 9.23 Å². The summed E-state index contributed by atoms with van der Waals surface area (Å²) in [6, 6.07) is 7.95. The van der Waals surface area contributed by atoms with Crippen molar-refractivity contribution in [1.82, 2.24) is 0 Å². The lowest BCUT2D eigenvalue weighted by atomic mass is 9.95. The van der Waals surface area contributed by atoms with Crippen LogP contribution in [0.4, 0.5) is 0 Å². The molecule has 0 aliphatic heterocycles. The Hall–Kier alpha value is -0.700. The number of halogens is 3. The quantitative estimate of drug-likeness (QED) is 0.556. The zero-order chi connectivity index (χ0) is 15.7. The predicted molar refractivity (Wildman–Crippen MR) is 94.1 cm³/mol. The molecule has 0 N–H and O–H groups in total. The van der Waals surface area contributed by atoms with E-state index in [4.69, 9.17) is 27.9 Å². The second kappa shape index (κ2) is 6.60. The first-order chi connectivity index (χ1) is 9.88. The van der Waals surface area contributed by atoms with Gasteiger partial charge in [0, 0.05) is 15.1 Å². The van der Waals surface area contributed by atoms with Crippen molar-refractivity contribution in [3.05, 3.63) is 61.6 Å². The second-order valence-corrected chi connectivity index (χ2v) is 6.76. The van der Waals surface area contributed by atoms with E-state index in [9.17, 15) is 0 Å². The summed E-state index contributed by atoms with van der Waals surface area (Å²) in [5.74, 6) is 0.813. The smallest absolute Gasteiger partial charge is 0.127 e. The van der Waals surface area contributed by atoms with E-state index in [2.05, 4.69) is 15.9 Å². The molecule has 2 rings (SSSR count). The average Bonchev–Trinajstić information content (AvgIpc) is 2.44. The Morgan fingerprint density at radius 3 is 2.43 bits per heavy atom. The third kappa shape index (κ3) is 3.08. The summed E-state index contributed by atoms with van der Waals surface area (Å²) in [5, 5.41) is 0.347. The van der Waals surface area contributed by atoms with Crippen LogP contribution in [0.2, 0.25) is 5.02 Å². The number of methoxy groups -OCH3 is 1. The van der Waals surface area contributed by atoms with Crippen LogP contribution in [0, 0.1) is 20.8 Å². The zero-order valence-corrected chi connectivity index (χ0v) is 15.5. The van der Waals surface area contributed by atoms with E-state index in [-0.39, 0.29) is 5.38 Å². The number of benzene rings is 2. The lowest BCUT2D eigenvalue weighted by molar-refractivity contribution is 0.406. The maximum absolute atomic E-state index is 6.76. The summed E-state index contributed by atoms with van der Waals surface area (Å²) in [7, 11) is 1.67. The Kier molecular flexibility index (Phi) is 5.24. The average molecular weight is 388 g/mol. The summed E-state index contributed by atoms with van der Waals surface area (Å²) >= 11 is 16.8. The second-order valence-electron chi connectivity index (χ2n) is 5.09. The molecule has 0 amide bonds. The van der Waals surface area contributed by atoms with Crippen LogP contribution in [0.5, 0.6) is 5.75 Å². The highest BCUT2D eigenvalue weighted by atomic mass is 79.9.